The first-order chi connectivity index (χ1) is 7.69. The smallest absolute Gasteiger partial charge is 0.186 e. The molecule has 90 valence electrons. The molecule has 0 aromatic carbocycles. The molecule has 4 nitrogen and oxygen atoms in total. The average molecular weight is 227 g/mol. The summed E-state index contributed by atoms with van der Waals surface area (Å²) in [5, 5.41) is 2.92. The molecule has 1 N–H and O–H groups in total. The van der Waals surface area contributed by atoms with Crippen molar-refractivity contribution in [1.82, 2.24) is 9.97 Å². The molecule has 1 atom stereocenters. The Morgan fingerprint density at radius 3 is 2.81 bits per heavy atom. The van der Waals surface area contributed by atoms with Crippen molar-refractivity contribution < 1.29 is 9.13 Å². The standard InChI is InChI=1S/C11H18FN3O/c1-4-9-10(12)11(15-7-14-9)13-6-8(3)16-5-2/h7-8H,4-6H2,1-3H3,(H,13,14,15). The molecular formula is C11H18FN3O. The molecular weight excluding hydrogens is 209 g/mol. The zero-order valence-electron chi connectivity index (χ0n) is 9.96. The second kappa shape index (κ2) is 6.37. The highest BCUT2D eigenvalue weighted by molar-refractivity contribution is 5.37. The zero-order chi connectivity index (χ0) is 12.0. The van der Waals surface area contributed by atoms with Crippen LogP contribution in [0.3, 0.4) is 0 Å². The lowest BCUT2D eigenvalue weighted by molar-refractivity contribution is 0.0854. The van der Waals surface area contributed by atoms with Crippen LogP contribution >= 0.6 is 0 Å². The first-order valence-electron chi connectivity index (χ1n) is 5.53. The van der Waals surface area contributed by atoms with Crippen molar-refractivity contribution in [2.45, 2.75) is 33.3 Å². The third-order valence-electron chi connectivity index (χ3n) is 2.20. The molecule has 0 spiro atoms. The minimum atomic E-state index is -0.367. The predicted octanol–water partition coefficient (Wildman–Crippen LogP) is 2.01. The third kappa shape index (κ3) is 3.41. The van der Waals surface area contributed by atoms with E-state index < -0.39 is 0 Å². The van der Waals surface area contributed by atoms with Gasteiger partial charge in [-0.15, -0.1) is 0 Å². The van der Waals surface area contributed by atoms with Gasteiger partial charge in [0.2, 0.25) is 0 Å². The molecule has 0 radical (unpaired) electrons. The van der Waals surface area contributed by atoms with E-state index in [-0.39, 0.29) is 17.7 Å². The van der Waals surface area contributed by atoms with Crippen molar-refractivity contribution in [3.63, 3.8) is 0 Å². The van der Waals surface area contributed by atoms with Crippen LogP contribution in [0.25, 0.3) is 0 Å². The molecule has 16 heavy (non-hydrogen) atoms. The summed E-state index contributed by atoms with van der Waals surface area (Å²) in [6, 6.07) is 0. The highest BCUT2D eigenvalue weighted by Gasteiger charge is 2.10. The number of ether oxygens (including phenoxy) is 1. The summed E-state index contributed by atoms with van der Waals surface area (Å²) in [5.74, 6) is -0.118. The number of aryl methyl sites for hydroxylation is 1. The maximum Gasteiger partial charge on any atom is 0.186 e. The van der Waals surface area contributed by atoms with E-state index in [1.54, 1.807) is 0 Å². The number of nitrogens with zero attached hydrogens (tertiary/aromatic N) is 2. The van der Waals surface area contributed by atoms with E-state index in [1.807, 2.05) is 20.8 Å². The van der Waals surface area contributed by atoms with Gasteiger partial charge >= 0.3 is 0 Å². The van der Waals surface area contributed by atoms with Crippen molar-refractivity contribution >= 4 is 5.82 Å². The fraction of sp³-hybridized carbons (Fsp3) is 0.636. The first-order valence-corrected chi connectivity index (χ1v) is 5.53. The van der Waals surface area contributed by atoms with Crippen LogP contribution in [0.4, 0.5) is 10.2 Å². The Morgan fingerprint density at radius 2 is 2.19 bits per heavy atom. The molecule has 1 rings (SSSR count). The number of hydrogen-bond donors (Lipinski definition) is 1. The summed E-state index contributed by atoms with van der Waals surface area (Å²) in [6.07, 6.45) is 1.96. The Bertz CT molecular complexity index is 333. The van der Waals surface area contributed by atoms with Crippen molar-refractivity contribution in [1.29, 1.82) is 0 Å². The fourth-order valence-electron chi connectivity index (χ4n) is 1.36. The van der Waals surface area contributed by atoms with E-state index in [4.69, 9.17) is 4.74 Å². The highest BCUT2D eigenvalue weighted by Crippen LogP contribution is 2.13. The van der Waals surface area contributed by atoms with Gasteiger partial charge in [-0.2, -0.15) is 0 Å². The number of hydrogen-bond acceptors (Lipinski definition) is 4. The van der Waals surface area contributed by atoms with Crippen molar-refractivity contribution in [3.8, 4) is 0 Å². The summed E-state index contributed by atoms with van der Waals surface area (Å²) in [7, 11) is 0. The van der Waals surface area contributed by atoms with E-state index in [2.05, 4.69) is 15.3 Å². The van der Waals surface area contributed by atoms with Crippen LogP contribution in [0, 0.1) is 5.82 Å². The van der Waals surface area contributed by atoms with Gasteiger partial charge in [-0.1, -0.05) is 6.92 Å². The summed E-state index contributed by atoms with van der Waals surface area (Å²) < 4.78 is 19.0. The molecule has 0 amide bonds. The van der Waals surface area contributed by atoms with Crippen LogP contribution in [0.5, 0.6) is 0 Å². The molecule has 0 fully saturated rings. The Labute approximate surface area is 95.3 Å². The van der Waals surface area contributed by atoms with Crippen LogP contribution in [0.15, 0.2) is 6.33 Å². The van der Waals surface area contributed by atoms with Gasteiger partial charge in [0.1, 0.15) is 6.33 Å². The molecule has 0 aliphatic heterocycles. The molecule has 1 heterocycles. The van der Waals surface area contributed by atoms with Crippen LogP contribution < -0.4 is 5.32 Å². The van der Waals surface area contributed by atoms with Crippen molar-refractivity contribution in [2.75, 3.05) is 18.5 Å². The summed E-state index contributed by atoms with van der Waals surface area (Å²) >= 11 is 0. The number of nitrogens with one attached hydrogen (secondary N) is 1. The minimum Gasteiger partial charge on any atom is -0.377 e. The van der Waals surface area contributed by atoms with Crippen LogP contribution in [0.1, 0.15) is 26.5 Å². The normalized spacial score (nSPS) is 12.5. The predicted molar refractivity (Wildman–Crippen MR) is 60.9 cm³/mol. The molecule has 1 aromatic heterocycles. The van der Waals surface area contributed by atoms with Crippen molar-refractivity contribution in [3.05, 3.63) is 17.8 Å². The van der Waals surface area contributed by atoms with Crippen LogP contribution in [-0.4, -0.2) is 29.2 Å². The summed E-state index contributed by atoms with van der Waals surface area (Å²) in [5.41, 5.74) is 0.432. The Kier molecular flexibility index (Phi) is 5.11. The zero-order valence-corrected chi connectivity index (χ0v) is 9.96. The second-order valence-corrected chi connectivity index (χ2v) is 3.48. The Balaban J connectivity index is 2.60. The number of aromatic nitrogens is 2. The van der Waals surface area contributed by atoms with E-state index in [9.17, 15) is 4.39 Å². The van der Waals surface area contributed by atoms with Gasteiger partial charge in [0, 0.05) is 13.2 Å². The minimum absolute atomic E-state index is 0.0319. The molecule has 0 bridgehead atoms. The monoisotopic (exact) mass is 227 g/mol. The van der Waals surface area contributed by atoms with E-state index >= 15 is 0 Å². The number of rotatable bonds is 6. The quantitative estimate of drug-likeness (QED) is 0.807. The first kappa shape index (κ1) is 12.8. The fourth-order valence-corrected chi connectivity index (χ4v) is 1.36. The maximum absolute atomic E-state index is 13.7. The molecule has 0 saturated heterocycles. The lowest BCUT2D eigenvalue weighted by Crippen LogP contribution is -2.21. The van der Waals surface area contributed by atoms with Gasteiger partial charge in [-0.05, 0) is 20.3 Å². The van der Waals surface area contributed by atoms with Gasteiger partial charge in [-0.25, -0.2) is 14.4 Å². The third-order valence-corrected chi connectivity index (χ3v) is 2.20. The topological polar surface area (TPSA) is 47.0 Å². The molecule has 0 saturated carbocycles. The highest BCUT2D eigenvalue weighted by atomic mass is 19.1. The van der Waals surface area contributed by atoms with Gasteiger partial charge in [0.15, 0.2) is 11.6 Å². The second-order valence-electron chi connectivity index (χ2n) is 3.48. The van der Waals surface area contributed by atoms with E-state index in [0.29, 0.717) is 25.3 Å². The largest absolute Gasteiger partial charge is 0.377 e. The number of halogens is 1. The number of anilines is 1. The molecule has 5 heteroatoms. The van der Waals surface area contributed by atoms with Gasteiger partial charge in [-0.3, -0.25) is 0 Å². The summed E-state index contributed by atoms with van der Waals surface area (Å²) in [6.45, 7) is 6.89. The molecule has 0 aliphatic carbocycles. The summed E-state index contributed by atoms with van der Waals surface area (Å²) in [4.78, 5) is 7.73. The Hall–Kier alpha value is -1.23. The molecule has 1 unspecified atom stereocenters. The molecule has 1 aromatic rings. The lowest BCUT2D eigenvalue weighted by atomic mass is 10.3. The van der Waals surface area contributed by atoms with E-state index in [0.717, 1.165) is 0 Å². The average Bonchev–Trinajstić information content (AvgIpc) is 2.28. The van der Waals surface area contributed by atoms with Crippen LogP contribution in [0.2, 0.25) is 0 Å². The van der Waals surface area contributed by atoms with Crippen molar-refractivity contribution in [2.24, 2.45) is 0 Å². The SMILES string of the molecule is CCOC(C)CNc1ncnc(CC)c1F. The van der Waals surface area contributed by atoms with Crippen LogP contribution in [-0.2, 0) is 11.2 Å². The molecule has 0 aliphatic rings. The van der Waals surface area contributed by atoms with E-state index in [1.165, 1.54) is 6.33 Å². The van der Waals surface area contributed by atoms with Gasteiger partial charge < -0.3 is 10.1 Å². The van der Waals surface area contributed by atoms with Gasteiger partial charge in [0.05, 0.1) is 11.8 Å². The Morgan fingerprint density at radius 1 is 1.44 bits per heavy atom. The lowest BCUT2D eigenvalue weighted by Gasteiger charge is -2.13. The van der Waals surface area contributed by atoms with Gasteiger partial charge in [0.25, 0.3) is 0 Å². The maximum atomic E-state index is 13.7.